The summed E-state index contributed by atoms with van der Waals surface area (Å²) in [5.74, 6) is -0.0981. The number of hydrogen-bond donors (Lipinski definition) is 1. The third-order valence-corrected chi connectivity index (χ3v) is 8.36. The molecule has 41 heavy (non-hydrogen) atoms. The van der Waals surface area contributed by atoms with Crippen LogP contribution in [0.25, 0.3) is 17.2 Å². The van der Waals surface area contributed by atoms with Gasteiger partial charge in [0, 0.05) is 12.5 Å². The molecule has 3 aromatic rings. The molecular weight excluding hydrogens is 530 g/mol. The number of carbonyl (C=O) groups is 1. The van der Waals surface area contributed by atoms with E-state index >= 15 is 0 Å². The number of ether oxygens (including phenoxy) is 1. The average Bonchev–Trinajstić information content (AvgIpc) is 3.34. The zero-order chi connectivity index (χ0) is 29.6. The van der Waals surface area contributed by atoms with Crippen molar-refractivity contribution in [3.8, 4) is 11.1 Å². The Morgan fingerprint density at radius 3 is 2.05 bits per heavy atom. The molecule has 0 unspecified atom stereocenters. The third kappa shape index (κ3) is 5.65. The Labute approximate surface area is 238 Å². The maximum Gasteiger partial charge on any atom is 0.492 e. The molecule has 1 saturated heterocycles. The second-order valence-corrected chi connectivity index (χ2v) is 11.5. The molecule has 0 radical (unpaired) electrons. The smallest absolute Gasteiger partial charge is 0.449 e. The predicted octanol–water partition coefficient (Wildman–Crippen LogP) is 7.57. The van der Waals surface area contributed by atoms with Crippen molar-refractivity contribution >= 4 is 19.3 Å². The summed E-state index contributed by atoms with van der Waals surface area (Å²) in [4.78, 5) is 12.9. The number of alkyl halides is 3. The van der Waals surface area contributed by atoms with Gasteiger partial charge < -0.3 is 19.4 Å². The molecular formula is C32H33BF3NO4. The number of benzene rings is 3. The second-order valence-electron chi connectivity index (χ2n) is 11.5. The molecule has 0 spiro atoms. The number of carbonyl (C=O) groups excluding carboxylic acids is 1. The Hall–Kier alpha value is -3.56. The van der Waals surface area contributed by atoms with Crippen molar-refractivity contribution in [1.82, 2.24) is 5.32 Å². The highest BCUT2D eigenvalue weighted by Crippen LogP contribution is 2.44. The lowest BCUT2D eigenvalue weighted by molar-refractivity contribution is -0.138. The van der Waals surface area contributed by atoms with E-state index in [0.29, 0.717) is 11.0 Å². The van der Waals surface area contributed by atoms with E-state index in [4.69, 9.17) is 14.0 Å². The van der Waals surface area contributed by atoms with Crippen molar-refractivity contribution in [3.05, 3.63) is 100 Å². The first-order valence-corrected chi connectivity index (χ1v) is 13.6. The molecule has 1 fully saturated rings. The summed E-state index contributed by atoms with van der Waals surface area (Å²) in [6.07, 6.45) is -3.54. The van der Waals surface area contributed by atoms with Gasteiger partial charge in [0.25, 0.3) is 0 Å². The minimum atomic E-state index is -4.49. The van der Waals surface area contributed by atoms with Gasteiger partial charge in [-0.1, -0.05) is 66.7 Å². The highest BCUT2D eigenvalue weighted by molar-refractivity contribution is 6.56. The quantitative estimate of drug-likeness (QED) is 0.315. The first-order valence-electron chi connectivity index (χ1n) is 13.6. The van der Waals surface area contributed by atoms with Gasteiger partial charge in [-0.25, -0.2) is 4.79 Å². The van der Waals surface area contributed by atoms with Gasteiger partial charge in [0.05, 0.1) is 16.8 Å². The predicted molar refractivity (Wildman–Crippen MR) is 153 cm³/mol. The molecule has 0 bridgehead atoms. The van der Waals surface area contributed by atoms with Crippen LogP contribution in [-0.4, -0.2) is 37.6 Å². The van der Waals surface area contributed by atoms with Crippen molar-refractivity contribution in [2.75, 3.05) is 13.2 Å². The zero-order valence-corrected chi connectivity index (χ0v) is 23.8. The van der Waals surface area contributed by atoms with E-state index in [1.165, 1.54) is 13.0 Å². The van der Waals surface area contributed by atoms with Crippen LogP contribution >= 0.6 is 0 Å². The number of fused-ring (bicyclic) bond motifs is 3. The number of halogens is 3. The monoisotopic (exact) mass is 563 g/mol. The zero-order valence-electron chi connectivity index (χ0n) is 23.8. The lowest BCUT2D eigenvalue weighted by atomic mass is 9.76. The van der Waals surface area contributed by atoms with Crippen LogP contribution in [0.2, 0.25) is 0 Å². The van der Waals surface area contributed by atoms with Crippen LogP contribution in [0.1, 0.15) is 61.4 Å². The molecule has 1 N–H and O–H groups in total. The van der Waals surface area contributed by atoms with Crippen LogP contribution in [0.15, 0.2) is 72.2 Å². The van der Waals surface area contributed by atoms with Gasteiger partial charge in [0.1, 0.15) is 6.61 Å². The molecule has 5 rings (SSSR count). The molecule has 1 heterocycles. The number of rotatable bonds is 6. The summed E-state index contributed by atoms with van der Waals surface area (Å²) in [5, 5.41) is 2.76. The lowest BCUT2D eigenvalue weighted by Crippen LogP contribution is -2.41. The van der Waals surface area contributed by atoms with Gasteiger partial charge in [-0.3, -0.25) is 0 Å². The number of hydrogen-bond acceptors (Lipinski definition) is 4. The first-order chi connectivity index (χ1) is 19.3. The van der Waals surface area contributed by atoms with E-state index in [2.05, 4.69) is 17.4 Å². The molecule has 1 aliphatic carbocycles. The van der Waals surface area contributed by atoms with Crippen molar-refractivity contribution in [1.29, 1.82) is 0 Å². The molecule has 0 atom stereocenters. The van der Waals surface area contributed by atoms with Crippen LogP contribution in [0.3, 0.4) is 0 Å². The molecule has 0 aromatic heterocycles. The number of nitrogens with one attached hydrogen (secondary N) is 1. The van der Waals surface area contributed by atoms with Crippen molar-refractivity contribution in [3.63, 3.8) is 0 Å². The van der Waals surface area contributed by atoms with Crippen LogP contribution in [0.5, 0.6) is 0 Å². The van der Waals surface area contributed by atoms with E-state index in [9.17, 15) is 18.0 Å². The topological polar surface area (TPSA) is 56.8 Å². The molecule has 214 valence electrons. The number of amides is 1. The second kappa shape index (κ2) is 10.7. The van der Waals surface area contributed by atoms with Crippen molar-refractivity contribution in [2.24, 2.45) is 0 Å². The minimum Gasteiger partial charge on any atom is -0.449 e. The Bertz CT molecular complexity index is 1440. The number of alkyl carbamates (subject to hydrolysis) is 1. The molecule has 0 saturated carbocycles. The van der Waals surface area contributed by atoms with Gasteiger partial charge in [-0.05, 0) is 79.5 Å². The van der Waals surface area contributed by atoms with Gasteiger partial charge >= 0.3 is 19.4 Å². The summed E-state index contributed by atoms with van der Waals surface area (Å²) in [7, 11) is -0.872. The van der Waals surface area contributed by atoms with Crippen LogP contribution < -0.4 is 5.32 Å². The first kappa shape index (κ1) is 29.0. The summed E-state index contributed by atoms with van der Waals surface area (Å²) in [6.45, 7) is 9.08. The van der Waals surface area contributed by atoms with Gasteiger partial charge in [-0.15, -0.1) is 0 Å². The largest absolute Gasteiger partial charge is 0.492 e. The third-order valence-electron chi connectivity index (χ3n) is 8.36. The fourth-order valence-corrected chi connectivity index (χ4v) is 5.34. The SMILES string of the molecule is Cc1c(C=C(CNC(=O)OCC2c3ccccc3-c3ccccc32)B2OC(C)(C)C(C)(C)O2)cccc1C(F)(F)F. The Kier molecular flexibility index (Phi) is 7.55. The standard InChI is InChI=1S/C32H33BF3NO4/c1-20-21(11-10-16-28(20)32(34,35)36)17-22(33-40-30(2,3)31(4,5)41-33)18-37-29(38)39-19-27-25-14-8-6-12-23(25)24-13-7-9-15-26(24)27/h6-17,27H,18-19H2,1-5H3,(H,37,38). The van der Waals surface area contributed by atoms with E-state index in [1.54, 1.807) is 12.1 Å². The fourth-order valence-electron chi connectivity index (χ4n) is 5.34. The minimum absolute atomic E-state index is 0.0385. The molecule has 1 aliphatic heterocycles. The normalized spacial score (nSPS) is 17.8. The van der Waals surface area contributed by atoms with Gasteiger partial charge in [-0.2, -0.15) is 13.2 Å². The Morgan fingerprint density at radius 1 is 0.927 bits per heavy atom. The van der Waals surface area contributed by atoms with Crippen molar-refractivity contribution < 1.29 is 32.0 Å². The Balaban J connectivity index is 1.35. The van der Waals surface area contributed by atoms with Crippen molar-refractivity contribution in [2.45, 2.75) is 57.9 Å². The highest BCUT2D eigenvalue weighted by atomic mass is 19.4. The summed E-state index contributed by atoms with van der Waals surface area (Å²) >= 11 is 0. The van der Waals surface area contributed by atoms with Crippen LogP contribution in [0, 0.1) is 6.92 Å². The maximum atomic E-state index is 13.6. The van der Waals surface area contributed by atoms with E-state index in [0.717, 1.165) is 28.3 Å². The highest BCUT2D eigenvalue weighted by Gasteiger charge is 2.52. The molecule has 1 amide bonds. The molecule has 5 nitrogen and oxygen atoms in total. The van der Waals surface area contributed by atoms with Gasteiger partial charge in [0.2, 0.25) is 0 Å². The van der Waals surface area contributed by atoms with E-state index < -0.39 is 36.2 Å². The summed E-state index contributed by atoms with van der Waals surface area (Å²) in [6, 6.07) is 20.1. The van der Waals surface area contributed by atoms with Crippen LogP contribution in [-0.2, 0) is 20.2 Å². The fraction of sp³-hybridized carbons (Fsp3) is 0.344. The summed E-state index contributed by atoms with van der Waals surface area (Å²) < 4.78 is 58.8. The molecule has 2 aliphatic rings. The van der Waals surface area contributed by atoms with E-state index in [1.807, 2.05) is 64.1 Å². The Morgan fingerprint density at radius 2 is 1.49 bits per heavy atom. The van der Waals surface area contributed by atoms with Crippen LogP contribution in [0.4, 0.5) is 18.0 Å². The average molecular weight is 563 g/mol. The molecule has 9 heteroatoms. The molecule has 3 aromatic carbocycles. The lowest BCUT2D eigenvalue weighted by Gasteiger charge is -2.32. The maximum absolute atomic E-state index is 13.6. The van der Waals surface area contributed by atoms with Gasteiger partial charge in [0.15, 0.2) is 0 Å². The summed E-state index contributed by atoms with van der Waals surface area (Å²) in [5.41, 5.74) is 3.28. The van der Waals surface area contributed by atoms with E-state index in [-0.39, 0.29) is 24.6 Å².